The lowest BCUT2D eigenvalue weighted by atomic mass is 10.1. The Hall–Kier alpha value is -1.77. The van der Waals surface area contributed by atoms with Crippen LogP contribution in [0.1, 0.15) is 24.8 Å². The molecule has 0 N–H and O–H groups in total. The van der Waals surface area contributed by atoms with E-state index >= 15 is 0 Å². The van der Waals surface area contributed by atoms with Gasteiger partial charge in [0.25, 0.3) is 0 Å². The van der Waals surface area contributed by atoms with E-state index in [4.69, 9.17) is 0 Å². The van der Waals surface area contributed by atoms with Crippen LogP contribution < -0.4 is 0 Å². The van der Waals surface area contributed by atoms with Crippen LogP contribution in [0.4, 0.5) is 4.39 Å². The third-order valence-corrected chi connectivity index (χ3v) is 6.85. The molecule has 1 aromatic carbocycles. The van der Waals surface area contributed by atoms with Gasteiger partial charge >= 0.3 is 0 Å². The molecule has 1 saturated heterocycles. The lowest BCUT2D eigenvalue weighted by Gasteiger charge is -2.26. The maximum atomic E-state index is 13.4. The molecule has 0 radical (unpaired) electrons. The van der Waals surface area contributed by atoms with Gasteiger partial charge < -0.3 is 0 Å². The van der Waals surface area contributed by atoms with Crippen LogP contribution in [-0.4, -0.2) is 53.6 Å². The molecule has 0 unspecified atom stereocenters. The molecule has 1 atom stereocenters. The van der Waals surface area contributed by atoms with Crippen molar-refractivity contribution >= 4 is 10.0 Å². The van der Waals surface area contributed by atoms with Crippen LogP contribution in [-0.2, 0) is 23.6 Å². The average molecular weight is 380 g/mol. The first kappa shape index (κ1) is 19.0. The van der Waals surface area contributed by atoms with Gasteiger partial charge in [-0.15, -0.1) is 0 Å². The second kappa shape index (κ2) is 7.85. The molecule has 0 amide bonds. The Labute approximate surface area is 154 Å². The highest BCUT2D eigenvalue weighted by atomic mass is 32.2. The Morgan fingerprint density at radius 2 is 2.12 bits per heavy atom. The van der Waals surface area contributed by atoms with E-state index in [2.05, 4.69) is 10.00 Å². The van der Waals surface area contributed by atoms with Crippen LogP contribution in [0.2, 0.25) is 0 Å². The monoisotopic (exact) mass is 380 g/mol. The molecule has 6 nitrogen and oxygen atoms in total. The smallest absolute Gasteiger partial charge is 0.243 e. The summed E-state index contributed by atoms with van der Waals surface area (Å²) >= 11 is 0. The Balaban J connectivity index is 1.66. The third-order valence-electron chi connectivity index (χ3n) is 4.94. The van der Waals surface area contributed by atoms with Crippen LogP contribution in [0.25, 0.3) is 0 Å². The SMILES string of the molecule is CN([C@H]1CCCN(Cc2cnn(C)c2)CC1)S(=O)(=O)c1cccc(F)c1. The first-order valence-corrected chi connectivity index (χ1v) is 10.2. The summed E-state index contributed by atoms with van der Waals surface area (Å²) in [6.07, 6.45) is 6.35. The summed E-state index contributed by atoms with van der Waals surface area (Å²) in [5, 5.41) is 4.19. The number of rotatable bonds is 5. The highest BCUT2D eigenvalue weighted by molar-refractivity contribution is 7.89. The van der Waals surface area contributed by atoms with E-state index in [0.29, 0.717) is 0 Å². The van der Waals surface area contributed by atoms with E-state index in [-0.39, 0.29) is 10.9 Å². The molecular weight excluding hydrogens is 355 g/mol. The summed E-state index contributed by atoms with van der Waals surface area (Å²) in [6, 6.07) is 5.12. The predicted molar refractivity (Wildman–Crippen MR) is 97.5 cm³/mol. The maximum Gasteiger partial charge on any atom is 0.243 e. The minimum Gasteiger partial charge on any atom is -0.299 e. The normalized spacial score (nSPS) is 19.6. The molecule has 26 heavy (non-hydrogen) atoms. The van der Waals surface area contributed by atoms with Crippen molar-refractivity contribution in [1.29, 1.82) is 0 Å². The summed E-state index contributed by atoms with van der Waals surface area (Å²) in [7, 11) is -0.193. The summed E-state index contributed by atoms with van der Waals surface area (Å²) in [4.78, 5) is 2.34. The standard InChI is InChI=1S/C18H25FN4O2S/c1-21-13-15(12-20-21)14-23-9-4-6-17(8-10-23)22(2)26(24,25)18-7-3-5-16(19)11-18/h3,5,7,11-13,17H,4,6,8-10,14H2,1-2H3/t17-/m0/s1. The van der Waals surface area contributed by atoms with Crippen molar-refractivity contribution in [2.75, 3.05) is 20.1 Å². The van der Waals surface area contributed by atoms with Gasteiger partial charge in [-0.3, -0.25) is 9.58 Å². The van der Waals surface area contributed by atoms with Crippen molar-refractivity contribution < 1.29 is 12.8 Å². The van der Waals surface area contributed by atoms with Gasteiger partial charge in [0.05, 0.1) is 11.1 Å². The molecule has 8 heteroatoms. The first-order valence-electron chi connectivity index (χ1n) is 8.80. The van der Waals surface area contributed by atoms with Crippen molar-refractivity contribution in [2.24, 2.45) is 7.05 Å². The van der Waals surface area contributed by atoms with Crippen LogP contribution in [0.5, 0.6) is 0 Å². The minimum absolute atomic E-state index is 0.0106. The molecule has 0 saturated carbocycles. The highest BCUT2D eigenvalue weighted by Crippen LogP contribution is 2.24. The fraction of sp³-hybridized carbons (Fsp3) is 0.500. The van der Waals surface area contributed by atoms with Crippen LogP contribution in [0, 0.1) is 5.82 Å². The molecule has 2 aromatic rings. The number of hydrogen-bond acceptors (Lipinski definition) is 4. The lowest BCUT2D eigenvalue weighted by Crippen LogP contribution is -2.37. The molecule has 1 aliphatic heterocycles. The second-order valence-electron chi connectivity index (χ2n) is 6.86. The largest absolute Gasteiger partial charge is 0.299 e. The van der Waals surface area contributed by atoms with E-state index in [0.717, 1.165) is 50.5 Å². The molecule has 0 aliphatic carbocycles. The van der Waals surface area contributed by atoms with Crippen LogP contribution in [0.15, 0.2) is 41.6 Å². The van der Waals surface area contributed by atoms with Gasteiger partial charge in [-0.1, -0.05) is 6.07 Å². The Morgan fingerprint density at radius 3 is 2.81 bits per heavy atom. The highest BCUT2D eigenvalue weighted by Gasteiger charge is 2.29. The maximum absolute atomic E-state index is 13.4. The fourth-order valence-corrected chi connectivity index (χ4v) is 4.91. The Kier molecular flexibility index (Phi) is 5.74. The van der Waals surface area contributed by atoms with Gasteiger partial charge in [0.15, 0.2) is 0 Å². The molecule has 0 bridgehead atoms. The molecule has 1 fully saturated rings. The van der Waals surface area contributed by atoms with Crippen LogP contribution in [0.3, 0.4) is 0 Å². The Bertz CT molecular complexity index is 852. The van der Waals surface area contributed by atoms with Crippen molar-refractivity contribution in [2.45, 2.75) is 36.7 Å². The molecule has 2 heterocycles. The lowest BCUT2D eigenvalue weighted by molar-refractivity contribution is 0.266. The van der Waals surface area contributed by atoms with Gasteiger partial charge in [0.1, 0.15) is 5.82 Å². The average Bonchev–Trinajstić information content (AvgIpc) is 2.87. The zero-order valence-electron chi connectivity index (χ0n) is 15.2. The third kappa shape index (κ3) is 4.31. The van der Waals surface area contributed by atoms with Crippen molar-refractivity contribution in [3.63, 3.8) is 0 Å². The first-order chi connectivity index (χ1) is 12.4. The molecule has 0 spiro atoms. The molecule has 142 valence electrons. The zero-order valence-corrected chi connectivity index (χ0v) is 16.0. The van der Waals surface area contributed by atoms with Crippen molar-refractivity contribution in [1.82, 2.24) is 19.0 Å². The molecule has 1 aromatic heterocycles. The zero-order chi connectivity index (χ0) is 18.7. The van der Waals surface area contributed by atoms with E-state index in [1.54, 1.807) is 11.7 Å². The Morgan fingerprint density at radius 1 is 1.31 bits per heavy atom. The number of hydrogen-bond donors (Lipinski definition) is 0. The second-order valence-corrected chi connectivity index (χ2v) is 8.86. The molecule has 3 rings (SSSR count). The van der Waals surface area contributed by atoms with Crippen LogP contribution >= 0.6 is 0 Å². The van der Waals surface area contributed by atoms with Gasteiger partial charge in [0.2, 0.25) is 10.0 Å². The number of likely N-dealkylation sites (tertiary alicyclic amines) is 1. The van der Waals surface area contributed by atoms with Crippen molar-refractivity contribution in [3.05, 3.63) is 48.0 Å². The van der Waals surface area contributed by atoms with E-state index in [9.17, 15) is 12.8 Å². The van der Waals surface area contributed by atoms with Gasteiger partial charge in [-0.2, -0.15) is 9.40 Å². The molecular formula is C18H25FN4O2S. The minimum atomic E-state index is -3.69. The summed E-state index contributed by atoms with van der Waals surface area (Å²) < 4.78 is 42.2. The van der Waals surface area contributed by atoms with Crippen molar-refractivity contribution in [3.8, 4) is 0 Å². The number of aromatic nitrogens is 2. The fourth-order valence-electron chi connectivity index (χ4n) is 3.46. The number of sulfonamides is 1. The van der Waals surface area contributed by atoms with E-state index < -0.39 is 15.8 Å². The topological polar surface area (TPSA) is 58.4 Å². The van der Waals surface area contributed by atoms with Gasteiger partial charge in [0, 0.05) is 45.0 Å². The van der Waals surface area contributed by atoms with E-state index in [1.807, 2.05) is 19.4 Å². The number of nitrogens with zero attached hydrogens (tertiary/aromatic N) is 4. The summed E-state index contributed by atoms with van der Waals surface area (Å²) in [5.74, 6) is -0.539. The number of aryl methyl sites for hydroxylation is 1. The summed E-state index contributed by atoms with van der Waals surface area (Å²) in [5.41, 5.74) is 1.16. The van der Waals surface area contributed by atoms with E-state index in [1.165, 1.54) is 22.5 Å². The number of halogens is 1. The predicted octanol–water partition coefficient (Wildman–Crippen LogP) is 2.23. The van der Waals surface area contributed by atoms with Gasteiger partial charge in [-0.25, -0.2) is 12.8 Å². The molecule has 1 aliphatic rings. The quantitative estimate of drug-likeness (QED) is 0.798. The number of benzene rings is 1. The van der Waals surface area contributed by atoms with Gasteiger partial charge in [-0.05, 0) is 44.0 Å². The summed E-state index contributed by atoms with van der Waals surface area (Å²) in [6.45, 7) is 2.57.